The maximum atomic E-state index is 12.0. The van der Waals surface area contributed by atoms with E-state index in [0.717, 1.165) is 16.2 Å². The Kier molecular flexibility index (Phi) is 4.60. The number of ether oxygens (including phenoxy) is 1. The molecule has 2 aromatic carbocycles. The van der Waals surface area contributed by atoms with E-state index in [1.165, 1.54) is 0 Å². The van der Waals surface area contributed by atoms with E-state index in [1.807, 2.05) is 46.4 Å². The van der Waals surface area contributed by atoms with Crippen molar-refractivity contribution in [1.29, 1.82) is 0 Å². The van der Waals surface area contributed by atoms with Gasteiger partial charge in [0.05, 0.1) is 10.7 Å². The van der Waals surface area contributed by atoms with E-state index in [0.29, 0.717) is 16.5 Å². The van der Waals surface area contributed by atoms with Gasteiger partial charge in [0.2, 0.25) is 0 Å². The maximum Gasteiger partial charge on any atom is 0.262 e. The molecule has 4 rings (SSSR count). The van der Waals surface area contributed by atoms with Crippen LogP contribution in [0.5, 0.6) is 5.75 Å². The monoisotopic (exact) mass is 383 g/mol. The summed E-state index contributed by atoms with van der Waals surface area (Å²) in [5, 5.41) is 5.27. The van der Waals surface area contributed by atoms with Crippen molar-refractivity contribution >= 4 is 39.5 Å². The number of nitrogens with zero attached hydrogens (tertiary/aromatic N) is 2. The van der Waals surface area contributed by atoms with E-state index in [-0.39, 0.29) is 12.5 Å². The predicted molar refractivity (Wildman–Crippen MR) is 104 cm³/mol. The summed E-state index contributed by atoms with van der Waals surface area (Å²) in [6, 6.07) is 14.6. The number of carbonyl (C=O) groups excluding carboxylic acids is 1. The lowest BCUT2D eigenvalue weighted by Crippen LogP contribution is -2.20. The van der Waals surface area contributed by atoms with Gasteiger partial charge >= 0.3 is 0 Å². The summed E-state index contributed by atoms with van der Waals surface area (Å²) in [6.07, 6.45) is 3.96. The highest BCUT2D eigenvalue weighted by Crippen LogP contribution is 2.24. The number of halogens is 1. The highest BCUT2D eigenvalue weighted by molar-refractivity contribution is 7.15. The molecule has 0 unspecified atom stereocenters. The Hall–Kier alpha value is -2.83. The summed E-state index contributed by atoms with van der Waals surface area (Å²) in [5.41, 5.74) is 2.59. The SMILES string of the molecule is O=C(COc1ccccc1Cl)Nc1ccc(-c2cn3ccsc3n2)cc1. The molecule has 7 heteroatoms. The van der Waals surface area contributed by atoms with E-state index in [9.17, 15) is 4.79 Å². The zero-order valence-corrected chi connectivity index (χ0v) is 15.1. The Morgan fingerprint density at radius 1 is 1.19 bits per heavy atom. The number of para-hydroxylation sites is 1. The predicted octanol–water partition coefficient (Wildman–Crippen LogP) is 4.73. The molecule has 0 saturated heterocycles. The van der Waals surface area contributed by atoms with Gasteiger partial charge in [-0.1, -0.05) is 35.9 Å². The third-order valence-electron chi connectivity index (χ3n) is 3.75. The minimum Gasteiger partial charge on any atom is -0.482 e. The summed E-state index contributed by atoms with van der Waals surface area (Å²) in [5.74, 6) is 0.236. The fourth-order valence-electron chi connectivity index (χ4n) is 2.49. The number of imidazole rings is 1. The fraction of sp³-hybridized carbons (Fsp3) is 0.0526. The highest BCUT2D eigenvalue weighted by atomic mass is 35.5. The molecule has 0 saturated carbocycles. The van der Waals surface area contributed by atoms with Crippen LogP contribution in [0, 0.1) is 0 Å². The molecule has 1 amide bonds. The molecule has 0 atom stereocenters. The lowest BCUT2D eigenvalue weighted by molar-refractivity contribution is -0.118. The van der Waals surface area contributed by atoms with Crippen LogP contribution in [0.15, 0.2) is 66.3 Å². The Morgan fingerprint density at radius 3 is 2.77 bits per heavy atom. The number of hydrogen-bond donors (Lipinski definition) is 1. The molecule has 2 aromatic heterocycles. The minimum absolute atomic E-state index is 0.108. The largest absolute Gasteiger partial charge is 0.482 e. The van der Waals surface area contributed by atoms with Gasteiger partial charge in [0, 0.05) is 29.0 Å². The van der Waals surface area contributed by atoms with Gasteiger partial charge in [0.1, 0.15) is 5.75 Å². The molecule has 0 aliphatic carbocycles. The van der Waals surface area contributed by atoms with Gasteiger partial charge in [-0.2, -0.15) is 0 Å². The first-order valence-corrected chi connectivity index (χ1v) is 9.14. The molecule has 2 heterocycles. The van der Waals surface area contributed by atoms with Crippen molar-refractivity contribution in [3.8, 4) is 17.0 Å². The van der Waals surface area contributed by atoms with Crippen molar-refractivity contribution in [3.63, 3.8) is 0 Å². The second kappa shape index (κ2) is 7.19. The zero-order chi connectivity index (χ0) is 17.9. The number of amides is 1. The summed E-state index contributed by atoms with van der Waals surface area (Å²) < 4.78 is 7.42. The van der Waals surface area contributed by atoms with Crippen LogP contribution in [0.1, 0.15) is 0 Å². The molecule has 4 aromatic rings. The average molecular weight is 384 g/mol. The van der Waals surface area contributed by atoms with Crippen LogP contribution in [0.2, 0.25) is 5.02 Å². The average Bonchev–Trinajstić information content (AvgIpc) is 3.24. The van der Waals surface area contributed by atoms with E-state index < -0.39 is 0 Å². The molecule has 130 valence electrons. The number of benzene rings is 2. The van der Waals surface area contributed by atoms with Crippen molar-refractivity contribution in [3.05, 3.63) is 71.3 Å². The molecule has 0 bridgehead atoms. The van der Waals surface area contributed by atoms with Crippen molar-refractivity contribution in [1.82, 2.24) is 9.38 Å². The van der Waals surface area contributed by atoms with Gasteiger partial charge in [-0.3, -0.25) is 9.20 Å². The van der Waals surface area contributed by atoms with Crippen molar-refractivity contribution < 1.29 is 9.53 Å². The molecular weight excluding hydrogens is 370 g/mol. The van der Waals surface area contributed by atoms with Crippen LogP contribution < -0.4 is 10.1 Å². The van der Waals surface area contributed by atoms with Crippen LogP contribution in [0.3, 0.4) is 0 Å². The van der Waals surface area contributed by atoms with E-state index >= 15 is 0 Å². The molecular formula is C19H14ClN3O2S. The first-order chi connectivity index (χ1) is 12.7. The first-order valence-electron chi connectivity index (χ1n) is 7.89. The van der Waals surface area contributed by atoms with E-state index in [1.54, 1.807) is 35.6 Å². The third-order valence-corrected chi connectivity index (χ3v) is 4.84. The van der Waals surface area contributed by atoms with Crippen molar-refractivity contribution in [2.45, 2.75) is 0 Å². The second-order valence-electron chi connectivity index (χ2n) is 5.56. The standard InChI is InChI=1S/C19H14ClN3O2S/c20-15-3-1-2-4-17(15)25-12-18(24)21-14-7-5-13(6-8-14)16-11-23-9-10-26-19(23)22-16/h1-11H,12H2,(H,21,24). The first kappa shape index (κ1) is 16.6. The van der Waals surface area contributed by atoms with E-state index in [4.69, 9.17) is 16.3 Å². The highest BCUT2D eigenvalue weighted by Gasteiger charge is 2.08. The maximum absolute atomic E-state index is 12.0. The summed E-state index contributed by atoms with van der Waals surface area (Å²) in [6.45, 7) is -0.108. The van der Waals surface area contributed by atoms with Gasteiger partial charge in [-0.25, -0.2) is 4.98 Å². The Balaban J connectivity index is 1.38. The van der Waals surface area contributed by atoms with Gasteiger partial charge in [0.15, 0.2) is 11.6 Å². The zero-order valence-electron chi connectivity index (χ0n) is 13.6. The molecule has 1 N–H and O–H groups in total. The number of fused-ring (bicyclic) bond motifs is 1. The fourth-order valence-corrected chi connectivity index (χ4v) is 3.38. The van der Waals surface area contributed by atoms with Crippen LogP contribution in [-0.4, -0.2) is 21.9 Å². The molecule has 0 radical (unpaired) electrons. The van der Waals surface area contributed by atoms with Gasteiger partial charge < -0.3 is 10.1 Å². The number of nitrogens with one attached hydrogen (secondary N) is 1. The summed E-state index contributed by atoms with van der Waals surface area (Å²) in [4.78, 5) is 17.6. The molecule has 0 aliphatic rings. The lowest BCUT2D eigenvalue weighted by Gasteiger charge is -2.09. The van der Waals surface area contributed by atoms with Gasteiger partial charge in [0.25, 0.3) is 5.91 Å². The number of rotatable bonds is 5. The number of aromatic nitrogens is 2. The molecule has 0 fully saturated rings. The number of anilines is 1. The minimum atomic E-state index is -0.250. The van der Waals surface area contributed by atoms with Crippen molar-refractivity contribution in [2.75, 3.05) is 11.9 Å². The molecule has 5 nitrogen and oxygen atoms in total. The van der Waals surface area contributed by atoms with Crippen LogP contribution in [0.25, 0.3) is 16.2 Å². The summed E-state index contributed by atoms with van der Waals surface area (Å²) >= 11 is 7.59. The quantitative estimate of drug-likeness (QED) is 0.541. The number of hydrogen-bond acceptors (Lipinski definition) is 4. The van der Waals surface area contributed by atoms with Crippen LogP contribution >= 0.6 is 22.9 Å². The number of carbonyl (C=O) groups is 1. The topological polar surface area (TPSA) is 55.6 Å². The Morgan fingerprint density at radius 2 is 2.00 bits per heavy atom. The van der Waals surface area contributed by atoms with Crippen LogP contribution in [0.4, 0.5) is 5.69 Å². The normalized spacial score (nSPS) is 10.8. The molecule has 0 aliphatic heterocycles. The third kappa shape index (κ3) is 3.56. The number of thiazole rings is 1. The van der Waals surface area contributed by atoms with E-state index in [2.05, 4.69) is 10.3 Å². The smallest absolute Gasteiger partial charge is 0.262 e. The molecule has 26 heavy (non-hydrogen) atoms. The van der Waals surface area contributed by atoms with Gasteiger partial charge in [-0.15, -0.1) is 11.3 Å². The lowest BCUT2D eigenvalue weighted by atomic mass is 10.1. The molecule has 0 spiro atoms. The Labute approximate surface area is 158 Å². The summed E-state index contributed by atoms with van der Waals surface area (Å²) in [7, 11) is 0. The van der Waals surface area contributed by atoms with Gasteiger partial charge in [-0.05, 0) is 24.3 Å². The second-order valence-corrected chi connectivity index (χ2v) is 6.84. The Bertz CT molecular complexity index is 1030. The van der Waals surface area contributed by atoms with Crippen molar-refractivity contribution in [2.24, 2.45) is 0 Å². The van der Waals surface area contributed by atoms with Crippen LogP contribution in [-0.2, 0) is 4.79 Å².